The first-order chi connectivity index (χ1) is 38.3. The minimum Gasteiger partial charge on any atom is -0.454 e. The number of furan rings is 1. The molecule has 4 heterocycles. The van der Waals surface area contributed by atoms with Crippen molar-refractivity contribution >= 4 is 101 Å². The molecule has 0 atom stereocenters. The molecule has 0 radical (unpaired) electrons. The van der Waals surface area contributed by atoms with Gasteiger partial charge in [0.25, 0.3) is 6.71 Å². The van der Waals surface area contributed by atoms with Crippen LogP contribution in [0.5, 0.6) is 0 Å². The van der Waals surface area contributed by atoms with Gasteiger partial charge in [-0.05, 0) is 92.7 Å². The summed E-state index contributed by atoms with van der Waals surface area (Å²) in [4.78, 5) is 5.14. The fourth-order valence-corrected chi connectivity index (χ4v) is 13.0. The quantitative estimate of drug-likeness (QED) is 0.149. The summed E-state index contributed by atoms with van der Waals surface area (Å²) < 4.78 is 9.96. The maximum Gasteiger partial charge on any atom is 0.252 e. The normalized spacial score (nSPS) is 12.6. The predicted octanol–water partition coefficient (Wildman–Crippen LogP) is 17.4. The number of rotatable bonds is 7. The number of hydrogen-bond donors (Lipinski definition) is 0. The van der Waals surface area contributed by atoms with Crippen molar-refractivity contribution in [2.45, 2.75) is 0 Å². The Morgan fingerprint density at radius 3 is 1.42 bits per heavy atom. The Hall–Kier alpha value is -10.1. The highest BCUT2D eigenvalue weighted by atomic mass is 16.3. The largest absolute Gasteiger partial charge is 0.454 e. The summed E-state index contributed by atoms with van der Waals surface area (Å²) in [6.07, 6.45) is 0. The SMILES string of the molecule is c1ccc(-c2cc3c4c(c2)N(c2ccccc2-c2ccccc2)c2c(ccc5c2oc2cccc(-n6c7ccccc7c7ccccc76)c25)B4c2ccccc2N3c2c(-c3ccccc3)cccc2-c2ccccc2)cc1. The highest BCUT2D eigenvalue weighted by Crippen LogP contribution is 2.53. The Labute approximate surface area is 446 Å². The van der Waals surface area contributed by atoms with E-state index >= 15 is 0 Å². The summed E-state index contributed by atoms with van der Waals surface area (Å²) in [5, 5.41) is 4.60. The van der Waals surface area contributed by atoms with E-state index in [2.05, 4.69) is 293 Å². The summed E-state index contributed by atoms with van der Waals surface area (Å²) in [6, 6.07) is 102. The summed E-state index contributed by atoms with van der Waals surface area (Å²) in [6.45, 7) is -0.161. The third-order valence-corrected chi connectivity index (χ3v) is 16.2. The third kappa shape index (κ3) is 6.54. The topological polar surface area (TPSA) is 24.6 Å². The number of fused-ring (bicyclic) bond motifs is 11. The molecular formula is C72H46BN3O. The van der Waals surface area contributed by atoms with Crippen LogP contribution in [0.4, 0.5) is 34.1 Å². The van der Waals surface area contributed by atoms with E-state index in [0.29, 0.717) is 0 Å². The molecule has 14 aromatic rings. The highest BCUT2D eigenvalue weighted by Gasteiger charge is 2.46. The molecule has 4 nitrogen and oxygen atoms in total. The zero-order chi connectivity index (χ0) is 50.6. The molecule has 0 amide bonds. The first-order valence-electron chi connectivity index (χ1n) is 26.5. The molecule has 0 aliphatic carbocycles. The van der Waals surface area contributed by atoms with Gasteiger partial charge in [0.1, 0.15) is 5.58 Å². The summed E-state index contributed by atoms with van der Waals surface area (Å²) in [5.74, 6) is 0. The minimum atomic E-state index is -0.161. The second kappa shape index (κ2) is 17.2. The summed E-state index contributed by atoms with van der Waals surface area (Å²) in [5.41, 5.74) is 24.6. The molecule has 5 heteroatoms. The molecule has 77 heavy (non-hydrogen) atoms. The van der Waals surface area contributed by atoms with E-state index < -0.39 is 0 Å². The maximum absolute atomic E-state index is 7.52. The molecule has 0 fully saturated rings. The van der Waals surface area contributed by atoms with Crippen molar-refractivity contribution in [3.8, 4) is 50.2 Å². The Balaban J connectivity index is 1.05. The van der Waals surface area contributed by atoms with E-state index in [9.17, 15) is 0 Å². The Kier molecular flexibility index (Phi) is 9.70. The molecule has 0 spiro atoms. The van der Waals surface area contributed by atoms with Crippen LogP contribution < -0.4 is 26.2 Å². The summed E-state index contributed by atoms with van der Waals surface area (Å²) >= 11 is 0. The van der Waals surface area contributed by atoms with Crippen LogP contribution in [0.2, 0.25) is 0 Å². The van der Waals surface area contributed by atoms with Crippen LogP contribution in [0.25, 0.3) is 93.9 Å². The number of para-hydroxylation sites is 5. The molecular weight excluding hydrogens is 934 g/mol. The van der Waals surface area contributed by atoms with Gasteiger partial charge >= 0.3 is 0 Å². The van der Waals surface area contributed by atoms with Gasteiger partial charge in [-0.15, -0.1) is 0 Å². The molecule has 0 unspecified atom stereocenters. The Morgan fingerprint density at radius 1 is 0.299 bits per heavy atom. The third-order valence-electron chi connectivity index (χ3n) is 16.2. The molecule has 0 saturated carbocycles. The van der Waals surface area contributed by atoms with Crippen molar-refractivity contribution in [1.82, 2.24) is 4.57 Å². The summed E-state index contributed by atoms with van der Waals surface area (Å²) in [7, 11) is 0. The number of aromatic nitrogens is 1. The average molecular weight is 980 g/mol. The van der Waals surface area contributed by atoms with Gasteiger partial charge in [-0.25, -0.2) is 0 Å². The zero-order valence-corrected chi connectivity index (χ0v) is 41.9. The lowest BCUT2D eigenvalue weighted by atomic mass is 9.33. The molecule has 2 aliphatic rings. The second-order valence-electron chi connectivity index (χ2n) is 20.3. The Morgan fingerprint density at radius 2 is 0.779 bits per heavy atom. The molecule has 2 aliphatic heterocycles. The lowest BCUT2D eigenvalue weighted by Gasteiger charge is -2.45. The van der Waals surface area contributed by atoms with Crippen molar-refractivity contribution in [3.05, 3.63) is 279 Å². The number of benzene rings is 12. The van der Waals surface area contributed by atoms with Crippen molar-refractivity contribution in [3.63, 3.8) is 0 Å². The van der Waals surface area contributed by atoms with Gasteiger partial charge in [-0.3, -0.25) is 0 Å². The monoisotopic (exact) mass is 979 g/mol. The van der Waals surface area contributed by atoms with Crippen LogP contribution in [0.1, 0.15) is 0 Å². The molecule has 0 saturated heterocycles. The minimum absolute atomic E-state index is 0.161. The van der Waals surface area contributed by atoms with Crippen LogP contribution in [-0.2, 0) is 0 Å². The fraction of sp³-hybridized carbons (Fsp3) is 0. The van der Waals surface area contributed by atoms with Crippen LogP contribution in [-0.4, -0.2) is 11.3 Å². The van der Waals surface area contributed by atoms with Crippen molar-refractivity contribution < 1.29 is 4.42 Å². The molecule has 2 aromatic heterocycles. The highest BCUT2D eigenvalue weighted by molar-refractivity contribution is 7.00. The molecule has 0 N–H and O–H groups in total. The van der Waals surface area contributed by atoms with Crippen LogP contribution in [0.15, 0.2) is 283 Å². The molecule has 16 rings (SSSR count). The van der Waals surface area contributed by atoms with Gasteiger partial charge in [-0.2, -0.15) is 0 Å². The van der Waals surface area contributed by atoms with E-state index in [-0.39, 0.29) is 6.71 Å². The first-order valence-corrected chi connectivity index (χ1v) is 26.5. The van der Waals surface area contributed by atoms with Gasteiger partial charge in [-0.1, -0.05) is 231 Å². The van der Waals surface area contributed by atoms with E-state index in [0.717, 1.165) is 117 Å². The average Bonchev–Trinajstić information content (AvgIpc) is 4.16. The maximum atomic E-state index is 7.52. The lowest BCUT2D eigenvalue weighted by Crippen LogP contribution is -2.61. The van der Waals surface area contributed by atoms with E-state index in [1.54, 1.807) is 0 Å². The van der Waals surface area contributed by atoms with E-state index in [4.69, 9.17) is 4.42 Å². The first kappa shape index (κ1) is 43.3. The van der Waals surface area contributed by atoms with Crippen molar-refractivity contribution in [2.75, 3.05) is 9.80 Å². The predicted molar refractivity (Wildman–Crippen MR) is 324 cm³/mol. The van der Waals surface area contributed by atoms with Gasteiger partial charge < -0.3 is 18.8 Å². The van der Waals surface area contributed by atoms with Crippen molar-refractivity contribution in [1.29, 1.82) is 0 Å². The molecule has 12 aromatic carbocycles. The Bertz CT molecular complexity index is 4530. The standard InChI is InChI=1S/C72H46BN3O/c1-5-23-47(24-6-1)51-45-65-69-66(46-51)76(70-53(49-27-9-3-10-28-49)34-21-35-54(70)50-29-11-4-12-30-50)63-40-20-16-36-58(63)73(69)59-44-43-57-68-64(74-61-38-18-14-32-55(61)56-33-15-19-39-62(56)74)41-22-42-67(68)77-72(57)71(59)75(65)60-37-17-13-31-52(60)48-25-7-2-8-26-48/h1-46H. The number of hydrogen-bond acceptors (Lipinski definition) is 3. The van der Waals surface area contributed by atoms with Gasteiger partial charge in [0.2, 0.25) is 0 Å². The lowest BCUT2D eigenvalue weighted by molar-refractivity contribution is 0.669. The van der Waals surface area contributed by atoms with Gasteiger partial charge in [0.05, 0.1) is 39.2 Å². The zero-order valence-electron chi connectivity index (χ0n) is 41.9. The number of nitrogens with zero attached hydrogens (tertiary/aromatic N) is 3. The molecule has 0 bridgehead atoms. The van der Waals surface area contributed by atoms with Gasteiger partial charge in [0.15, 0.2) is 5.58 Å². The van der Waals surface area contributed by atoms with Crippen molar-refractivity contribution in [2.24, 2.45) is 0 Å². The van der Waals surface area contributed by atoms with Gasteiger partial charge in [0, 0.05) is 49.9 Å². The van der Waals surface area contributed by atoms with Crippen LogP contribution in [0, 0.1) is 0 Å². The van der Waals surface area contributed by atoms with Crippen LogP contribution >= 0.6 is 0 Å². The van der Waals surface area contributed by atoms with E-state index in [1.165, 1.54) is 27.2 Å². The molecule has 358 valence electrons. The van der Waals surface area contributed by atoms with E-state index in [1.807, 2.05) is 0 Å². The number of anilines is 6. The smallest absolute Gasteiger partial charge is 0.252 e. The fourth-order valence-electron chi connectivity index (χ4n) is 13.0. The van der Waals surface area contributed by atoms with Crippen LogP contribution in [0.3, 0.4) is 0 Å². The second-order valence-corrected chi connectivity index (χ2v) is 20.3.